The molecule has 0 atom stereocenters. The zero-order valence-electron chi connectivity index (χ0n) is 17.8. The molecule has 5 N–H and O–H groups in total. The quantitative estimate of drug-likeness (QED) is 0.263. The van der Waals surface area contributed by atoms with Gasteiger partial charge in [0.2, 0.25) is 11.9 Å². The molecule has 0 radical (unpaired) electrons. The molecule has 2 aromatic carbocycles. The second kappa shape index (κ2) is 11.1. The highest BCUT2D eigenvalue weighted by molar-refractivity contribution is 7.86. The molecule has 0 aliphatic heterocycles. The maximum Gasteiger partial charge on any atom is 0.397 e. The van der Waals surface area contributed by atoms with Crippen molar-refractivity contribution in [1.82, 2.24) is 15.0 Å². The summed E-state index contributed by atoms with van der Waals surface area (Å²) >= 11 is 0. The smallest absolute Gasteiger partial charge is 0.397 e. The van der Waals surface area contributed by atoms with E-state index in [9.17, 15) is 21.2 Å². The summed E-state index contributed by atoms with van der Waals surface area (Å²) in [6.45, 7) is 1.44. The number of para-hydroxylation sites is 1. The van der Waals surface area contributed by atoms with Gasteiger partial charge in [-0.05, 0) is 37.3 Å². The molecule has 0 unspecified atom stereocenters. The van der Waals surface area contributed by atoms with E-state index in [2.05, 4.69) is 24.5 Å². The van der Waals surface area contributed by atoms with E-state index in [0.29, 0.717) is 5.69 Å². The van der Waals surface area contributed by atoms with Gasteiger partial charge in [0.25, 0.3) is 10.1 Å². The Morgan fingerprint density at radius 3 is 2.21 bits per heavy atom. The lowest BCUT2D eigenvalue weighted by molar-refractivity contribution is 0.283. The van der Waals surface area contributed by atoms with E-state index in [4.69, 9.17) is 14.8 Å². The fourth-order valence-corrected chi connectivity index (χ4v) is 3.35. The molecular formula is C18H21FN6O7S2. The van der Waals surface area contributed by atoms with Gasteiger partial charge in [0.05, 0.1) is 12.3 Å². The molecule has 0 spiro atoms. The van der Waals surface area contributed by atoms with E-state index >= 15 is 0 Å². The van der Waals surface area contributed by atoms with E-state index in [1.807, 2.05) is 30.3 Å². The number of hydrogen-bond acceptors (Lipinski definition) is 11. The molecule has 0 bridgehead atoms. The first kappa shape index (κ1) is 26.8. The third-order valence-electron chi connectivity index (χ3n) is 3.85. The van der Waals surface area contributed by atoms with Crippen LogP contribution in [0, 0.1) is 6.08 Å². The molecule has 0 saturated carbocycles. The fourth-order valence-electron chi connectivity index (χ4n) is 2.45. The topological polar surface area (TPSA) is 198 Å². The summed E-state index contributed by atoms with van der Waals surface area (Å²) < 4.78 is 75.9. The predicted octanol–water partition coefficient (Wildman–Crippen LogP) is 2.18. The van der Waals surface area contributed by atoms with Crippen molar-refractivity contribution in [1.29, 1.82) is 0 Å². The van der Waals surface area contributed by atoms with Crippen molar-refractivity contribution in [3.05, 3.63) is 54.6 Å². The highest BCUT2D eigenvalue weighted by Crippen LogP contribution is 2.25. The Labute approximate surface area is 195 Å². The lowest BCUT2D eigenvalue weighted by atomic mass is 10.3. The highest BCUT2D eigenvalue weighted by Gasteiger charge is 2.15. The van der Waals surface area contributed by atoms with E-state index in [1.54, 1.807) is 11.9 Å². The van der Waals surface area contributed by atoms with Gasteiger partial charge in [-0.1, -0.05) is 18.2 Å². The summed E-state index contributed by atoms with van der Waals surface area (Å²) in [4.78, 5) is 12.5. The fraction of sp³-hybridized carbons (Fsp3) is 0.167. The number of nitrogen functional groups attached to an aromatic ring is 1. The van der Waals surface area contributed by atoms with Crippen LogP contribution in [-0.2, 0) is 24.7 Å². The highest BCUT2D eigenvalue weighted by atomic mass is 32.3. The average Bonchev–Trinajstić information content (AvgIpc) is 2.72. The molecule has 0 amide bonds. The van der Waals surface area contributed by atoms with Crippen LogP contribution in [0.1, 0.15) is 6.92 Å². The van der Waals surface area contributed by atoms with Crippen LogP contribution >= 0.6 is 0 Å². The standard InChI is InChI=1S/C16H15FN6O3S.C2H6O4S/c1-23(11-5-3-2-4-6-11)16-21-14(17)20-15(22-16)19-10-7-8-13(12(18)9-10)27(24,25)26;1-2-6-7(3,4)5/h2-9H,18H2,1H3,(H,24,25,26)(H,19,20,21,22);2H2,1H3,(H,3,4,5). The number of nitrogens with zero attached hydrogens (tertiary/aromatic N) is 4. The zero-order valence-corrected chi connectivity index (χ0v) is 19.5. The van der Waals surface area contributed by atoms with Crippen molar-refractivity contribution in [2.45, 2.75) is 11.8 Å². The number of benzene rings is 2. The zero-order chi connectivity index (χ0) is 25.5. The van der Waals surface area contributed by atoms with Gasteiger partial charge in [0, 0.05) is 18.4 Å². The van der Waals surface area contributed by atoms with Crippen molar-refractivity contribution in [3.63, 3.8) is 0 Å². The minimum Gasteiger partial charge on any atom is -0.398 e. The molecule has 13 nitrogen and oxygen atoms in total. The third kappa shape index (κ3) is 8.16. The normalized spacial score (nSPS) is 11.3. The van der Waals surface area contributed by atoms with Crippen LogP contribution in [-0.4, -0.2) is 54.5 Å². The van der Waals surface area contributed by atoms with Gasteiger partial charge < -0.3 is 16.0 Å². The SMILES string of the molecule is CCOS(=O)(=O)O.CN(c1ccccc1)c1nc(F)nc(Nc2ccc(S(=O)(=O)O)c(N)c2)n1. The average molecular weight is 517 g/mol. The van der Waals surface area contributed by atoms with Crippen LogP contribution in [0.4, 0.5) is 33.3 Å². The molecule has 16 heteroatoms. The van der Waals surface area contributed by atoms with Crippen LogP contribution < -0.4 is 16.0 Å². The Morgan fingerprint density at radius 2 is 1.71 bits per heavy atom. The van der Waals surface area contributed by atoms with Crippen molar-refractivity contribution in [3.8, 4) is 0 Å². The first-order chi connectivity index (χ1) is 15.8. The van der Waals surface area contributed by atoms with Gasteiger partial charge in [-0.15, -0.1) is 0 Å². The second-order valence-electron chi connectivity index (χ2n) is 6.31. The predicted molar refractivity (Wildman–Crippen MR) is 121 cm³/mol. The van der Waals surface area contributed by atoms with Crippen LogP contribution in [0.2, 0.25) is 0 Å². The minimum absolute atomic E-state index is 0.0289. The van der Waals surface area contributed by atoms with Crippen molar-refractivity contribution in [2.75, 3.05) is 29.6 Å². The molecule has 34 heavy (non-hydrogen) atoms. The molecular weight excluding hydrogens is 495 g/mol. The number of halogens is 1. The summed E-state index contributed by atoms with van der Waals surface area (Å²) in [5, 5.41) is 2.73. The molecule has 0 aliphatic carbocycles. The summed E-state index contributed by atoms with van der Waals surface area (Å²) in [6, 6.07) is 12.8. The van der Waals surface area contributed by atoms with Crippen molar-refractivity contribution in [2.24, 2.45) is 0 Å². The van der Waals surface area contributed by atoms with E-state index in [0.717, 1.165) is 11.8 Å². The summed E-state index contributed by atoms with van der Waals surface area (Å²) in [5.74, 6) is -0.0296. The van der Waals surface area contributed by atoms with Crippen molar-refractivity contribution >= 4 is 49.5 Å². The molecule has 3 aromatic rings. The van der Waals surface area contributed by atoms with Gasteiger partial charge in [-0.25, -0.2) is 4.18 Å². The number of hydrogen-bond donors (Lipinski definition) is 4. The van der Waals surface area contributed by atoms with Gasteiger partial charge in [-0.2, -0.15) is 36.2 Å². The Hall–Kier alpha value is -3.44. The number of nitrogens with one attached hydrogen (secondary N) is 1. The molecule has 0 aliphatic rings. The van der Waals surface area contributed by atoms with E-state index in [-0.39, 0.29) is 24.2 Å². The summed E-state index contributed by atoms with van der Waals surface area (Å²) in [7, 11) is -6.94. The van der Waals surface area contributed by atoms with E-state index < -0.39 is 31.5 Å². The van der Waals surface area contributed by atoms with Crippen LogP contribution in [0.3, 0.4) is 0 Å². The summed E-state index contributed by atoms with van der Waals surface area (Å²) in [5.41, 5.74) is 6.50. The van der Waals surface area contributed by atoms with Crippen LogP contribution in [0.15, 0.2) is 53.4 Å². The number of aromatic nitrogens is 3. The number of anilines is 5. The van der Waals surface area contributed by atoms with E-state index in [1.165, 1.54) is 19.1 Å². The Balaban J connectivity index is 0.000000509. The van der Waals surface area contributed by atoms with Gasteiger partial charge >= 0.3 is 16.5 Å². The summed E-state index contributed by atoms with van der Waals surface area (Å²) in [6.07, 6.45) is -0.993. The van der Waals surface area contributed by atoms with Crippen LogP contribution in [0.5, 0.6) is 0 Å². The molecule has 1 heterocycles. The third-order valence-corrected chi connectivity index (χ3v) is 5.31. The molecule has 184 valence electrons. The second-order valence-corrected chi connectivity index (χ2v) is 8.79. The Bertz CT molecular complexity index is 1340. The molecule has 3 rings (SSSR count). The van der Waals surface area contributed by atoms with Crippen LogP contribution in [0.25, 0.3) is 0 Å². The molecule has 0 fully saturated rings. The molecule has 1 aromatic heterocycles. The Kier molecular flexibility index (Phi) is 8.77. The lowest BCUT2D eigenvalue weighted by Crippen LogP contribution is -2.15. The lowest BCUT2D eigenvalue weighted by Gasteiger charge is -2.17. The monoisotopic (exact) mass is 516 g/mol. The first-order valence-electron chi connectivity index (χ1n) is 9.26. The van der Waals surface area contributed by atoms with Gasteiger partial charge in [-0.3, -0.25) is 9.11 Å². The Morgan fingerprint density at radius 1 is 1.06 bits per heavy atom. The number of nitrogens with two attached hydrogens (primary N) is 1. The first-order valence-corrected chi connectivity index (χ1v) is 12.1. The minimum atomic E-state index is -4.44. The largest absolute Gasteiger partial charge is 0.398 e. The maximum atomic E-state index is 13.8. The molecule has 0 saturated heterocycles. The van der Waals surface area contributed by atoms with Gasteiger partial charge in [0.15, 0.2) is 0 Å². The maximum absolute atomic E-state index is 13.8. The van der Waals surface area contributed by atoms with Crippen molar-refractivity contribution < 1.29 is 34.5 Å². The number of rotatable bonds is 7. The van der Waals surface area contributed by atoms with Gasteiger partial charge in [0.1, 0.15) is 4.90 Å².